The molecule has 8 heteroatoms. The van der Waals surface area contributed by atoms with Crippen molar-refractivity contribution in [3.63, 3.8) is 0 Å². The molecule has 4 aromatic rings. The summed E-state index contributed by atoms with van der Waals surface area (Å²) >= 11 is 0. The summed E-state index contributed by atoms with van der Waals surface area (Å²) in [7, 11) is 0. The molecule has 0 spiro atoms. The first-order chi connectivity index (χ1) is 13.7. The van der Waals surface area contributed by atoms with E-state index in [1.165, 1.54) is 0 Å². The number of hydrogen-bond donors (Lipinski definition) is 0. The topological polar surface area (TPSA) is 94.0 Å². The molecule has 8 nitrogen and oxygen atoms in total. The normalized spacial score (nSPS) is 15.4. The molecule has 4 heterocycles. The predicted octanol–water partition coefficient (Wildman–Crippen LogP) is 3.67. The third kappa shape index (κ3) is 2.90. The molecule has 142 valence electrons. The summed E-state index contributed by atoms with van der Waals surface area (Å²) in [6.45, 7) is 5.50. The Hall–Kier alpha value is -3.29. The molecule has 0 saturated carbocycles. The lowest BCUT2D eigenvalue weighted by molar-refractivity contribution is 0.329. The van der Waals surface area contributed by atoms with E-state index >= 15 is 0 Å². The van der Waals surface area contributed by atoms with Crippen molar-refractivity contribution in [2.24, 2.45) is 0 Å². The van der Waals surface area contributed by atoms with Gasteiger partial charge in [-0.05, 0) is 26.7 Å². The fourth-order valence-corrected chi connectivity index (χ4v) is 3.75. The van der Waals surface area contributed by atoms with Crippen LogP contribution in [0.5, 0.6) is 0 Å². The second-order valence-electron chi connectivity index (χ2n) is 7.13. The zero-order chi connectivity index (χ0) is 19.1. The van der Waals surface area contributed by atoms with Crippen LogP contribution in [-0.4, -0.2) is 38.4 Å². The number of piperidine rings is 1. The van der Waals surface area contributed by atoms with Crippen molar-refractivity contribution < 1.29 is 9.05 Å². The zero-order valence-corrected chi connectivity index (χ0v) is 15.8. The molecule has 0 radical (unpaired) electrons. The van der Waals surface area contributed by atoms with Crippen molar-refractivity contribution in [1.29, 1.82) is 0 Å². The standard InChI is InChI=1S/C20H20N6O2/c1-12-16-18(21-13(2)22-20(16)28-24-12)26-10-8-15(9-11-26)19-23-17(25-27-19)14-6-4-3-5-7-14/h3-7,15H,8-11H2,1-2H3. The van der Waals surface area contributed by atoms with Crippen LogP contribution in [-0.2, 0) is 0 Å². The van der Waals surface area contributed by atoms with Gasteiger partial charge in [0, 0.05) is 24.6 Å². The van der Waals surface area contributed by atoms with Crippen LogP contribution >= 0.6 is 0 Å². The van der Waals surface area contributed by atoms with Crippen LogP contribution in [0.4, 0.5) is 5.82 Å². The lowest BCUT2D eigenvalue weighted by Crippen LogP contribution is -2.34. The summed E-state index contributed by atoms with van der Waals surface area (Å²) in [6.07, 6.45) is 1.84. The van der Waals surface area contributed by atoms with Gasteiger partial charge in [0.1, 0.15) is 17.0 Å². The van der Waals surface area contributed by atoms with E-state index in [0.717, 1.165) is 48.4 Å². The Morgan fingerprint density at radius 2 is 1.71 bits per heavy atom. The number of aryl methyl sites for hydroxylation is 2. The van der Waals surface area contributed by atoms with E-state index in [1.807, 2.05) is 44.2 Å². The lowest BCUT2D eigenvalue weighted by atomic mass is 9.96. The number of anilines is 1. The molecule has 0 unspecified atom stereocenters. The maximum Gasteiger partial charge on any atom is 0.263 e. The molecule has 1 aliphatic heterocycles. The van der Waals surface area contributed by atoms with Crippen LogP contribution in [0.3, 0.4) is 0 Å². The number of fused-ring (bicyclic) bond motifs is 1. The van der Waals surface area contributed by atoms with Crippen LogP contribution in [0.1, 0.15) is 36.2 Å². The average Bonchev–Trinajstić information content (AvgIpc) is 3.36. The molecule has 0 aliphatic carbocycles. The van der Waals surface area contributed by atoms with Crippen LogP contribution in [0, 0.1) is 13.8 Å². The largest absolute Gasteiger partial charge is 0.356 e. The monoisotopic (exact) mass is 376 g/mol. The third-order valence-electron chi connectivity index (χ3n) is 5.22. The van der Waals surface area contributed by atoms with Gasteiger partial charge in [-0.2, -0.15) is 9.97 Å². The molecule has 0 N–H and O–H groups in total. The van der Waals surface area contributed by atoms with Gasteiger partial charge in [-0.25, -0.2) is 4.98 Å². The van der Waals surface area contributed by atoms with Gasteiger partial charge >= 0.3 is 0 Å². The summed E-state index contributed by atoms with van der Waals surface area (Å²) in [4.78, 5) is 15.9. The molecule has 1 fully saturated rings. The average molecular weight is 376 g/mol. The molecule has 1 saturated heterocycles. The summed E-state index contributed by atoms with van der Waals surface area (Å²) in [6, 6.07) is 9.90. The molecule has 0 bridgehead atoms. The molecule has 5 rings (SSSR count). The third-order valence-corrected chi connectivity index (χ3v) is 5.22. The van der Waals surface area contributed by atoms with Crippen LogP contribution in [0.2, 0.25) is 0 Å². The fourth-order valence-electron chi connectivity index (χ4n) is 3.75. The second-order valence-corrected chi connectivity index (χ2v) is 7.13. The van der Waals surface area contributed by atoms with Gasteiger partial charge < -0.3 is 13.9 Å². The molecular weight excluding hydrogens is 356 g/mol. The number of aromatic nitrogens is 5. The van der Waals surface area contributed by atoms with Crippen LogP contribution < -0.4 is 4.90 Å². The number of nitrogens with zero attached hydrogens (tertiary/aromatic N) is 6. The zero-order valence-electron chi connectivity index (χ0n) is 15.8. The lowest BCUT2D eigenvalue weighted by Gasteiger charge is -2.31. The number of rotatable bonds is 3. The highest BCUT2D eigenvalue weighted by molar-refractivity contribution is 5.88. The van der Waals surface area contributed by atoms with Crippen molar-refractivity contribution in [2.45, 2.75) is 32.6 Å². The molecule has 28 heavy (non-hydrogen) atoms. The van der Waals surface area contributed by atoms with Gasteiger partial charge in [0.2, 0.25) is 11.7 Å². The molecular formula is C20H20N6O2. The smallest absolute Gasteiger partial charge is 0.263 e. The van der Waals surface area contributed by atoms with E-state index < -0.39 is 0 Å². The molecule has 3 aromatic heterocycles. The second kappa shape index (κ2) is 6.70. The first-order valence-electron chi connectivity index (χ1n) is 9.43. The number of hydrogen-bond acceptors (Lipinski definition) is 8. The van der Waals surface area contributed by atoms with Crippen LogP contribution in [0.15, 0.2) is 39.4 Å². The van der Waals surface area contributed by atoms with Crippen molar-refractivity contribution >= 4 is 16.9 Å². The molecule has 1 aromatic carbocycles. The minimum absolute atomic E-state index is 0.253. The maximum atomic E-state index is 5.57. The summed E-state index contributed by atoms with van der Waals surface area (Å²) in [5, 5.41) is 9.10. The van der Waals surface area contributed by atoms with Gasteiger partial charge in [0.25, 0.3) is 5.71 Å². The SMILES string of the molecule is Cc1nc(N2CCC(c3nc(-c4ccccc4)no3)CC2)c2c(C)noc2n1. The summed E-state index contributed by atoms with van der Waals surface area (Å²) in [5.41, 5.74) is 2.33. The first kappa shape index (κ1) is 16.9. The van der Waals surface area contributed by atoms with Gasteiger partial charge in [-0.1, -0.05) is 40.6 Å². The van der Waals surface area contributed by atoms with E-state index in [9.17, 15) is 0 Å². The Morgan fingerprint density at radius 3 is 2.50 bits per heavy atom. The van der Waals surface area contributed by atoms with Gasteiger partial charge in [0.15, 0.2) is 0 Å². The predicted molar refractivity (Wildman–Crippen MR) is 103 cm³/mol. The van der Waals surface area contributed by atoms with Gasteiger partial charge in [0.05, 0.1) is 5.69 Å². The van der Waals surface area contributed by atoms with Crippen molar-refractivity contribution in [3.8, 4) is 11.4 Å². The highest BCUT2D eigenvalue weighted by Crippen LogP contribution is 2.33. The van der Waals surface area contributed by atoms with E-state index in [2.05, 4.69) is 30.2 Å². The Balaban J connectivity index is 1.35. The first-order valence-corrected chi connectivity index (χ1v) is 9.43. The van der Waals surface area contributed by atoms with Gasteiger partial charge in [-0.15, -0.1) is 0 Å². The quantitative estimate of drug-likeness (QED) is 0.535. The number of benzene rings is 1. The Kier molecular flexibility index (Phi) is 4.03. The summed E-state index contributed by atoms with van der Waals surface area (Å²) in [5.74, 6) is 3.19. The van der Waals surface area contributed by atoms with Crippen molar-refractivity contribution in [2.75, 3.05) is 18.0 Å². The van der Waals surface area contributed by atoms with E-state index in [-0.39, 0.29) is 5.92 Å². The summed E-state index contributed by atoms with van der Waals surface area (Å²) < 4.78 is 10.9. The maximum absolute atomic E-state index is 5.57. The Bertz CT molecular complexity index is 1110. The van der Waals surface area contributed by atoms with Crippen molar-refractivity contribution in [3.05, 3.63) is 47.7 Å². The van der Waals surface area contributed by atoms with E-state index in [4.69, 9.17) is 9.05 Å². The van der Waals surface area contributed by atoms with E-state index in [1.54, 1.807) is 0 Å². The molecule has 1 aliphatic rings. The highest BCUT2D eigenvalue weighted by Gasteiger charge is 2.28. The minimum Gasteiger partial charge on any atom is -0.356 e. The van der Waals surface area contributed by atoms with Crippen LogP contribution in [0.25, 0.3) is 22.5 Å². The minimum atomic E-state index is 0.253. The Labute approximate surface area is 161 Å². The van der Waals surface area contributed by atoms with Gasteiger partial charge in [-0.3, -0.25) is 0 Å². The van der Waals surface area contributed by atoms with Crippen molar-refractivity contribution in [1.82, 2.24) is 25.3 Å². The molecule has 0 amide bonds. The highest BCUT2D eigenvalue weighted by atomic mass is 16.5. The molecule has 0 atom stereocenters. The van der Waals surface area contributed by atoms with E-state index in [0.29, 0.717) is 23.3 Å². The Morgan fingerprint density at radius 1 is 0.929 bits per heavy atom. The fraction of sp³-hybridized carbons (Fsp3) is 0.350.